The van der Waals surface area contributed by atoms with E-state index in [2.05, 4.69) is 11.4 Å². The zero-order chi connectivity index (χ0) is 14.5. The van der Waals surface area contributed by atoms with E-state index in [9.17, 15) is 8.78 Å². The van der Waals surface area contributed by atoms with E-state index in [1.165, 1.54) is 23.3 Å². The minimum atomic E-state index is -0.535. The largest absolute Gasteiger partial charge is 0.310 e. The predicted molar refractivity (Wildman–Crippen MR) is 77.7 cm³/mol. The first kappa shape index (κ1) is 14.7. The Hall–Kier alpha value is -1.74. The summed E-state index contributed by atoms with van der Waals surface area (Å²) in [6, 6.07) is 11.7. The second kappa shape index (κ2) is 6.62. The van der Waals surface area contributed by atoms with Crippen molar-refractivity contribution < 1.29 is 8.78 Å². The molecule has 106 valence electrons. The molecule has 0 amide bonds. The van der Waals surface area contributed by atoms with Gasteiger partial charge in [0.05, 0.1) is 0 Å². The van der Waals surface area contributed by atoms with Crippen LogP contribution in [0.1, 0.15) is 29.7 Å². The summed E-state index contributed by atoms with van der Waals surface area (Å²) in [7, 11) is 0. The third-order valence-electron chi connectivity index (χ3n) is 3.42. The maximum atomic E-state index is 13.4. The molecule has 1 N–H and O–H groups in total. The highest BCUT2D eigenvalue weighted by atomic mass is 19.1. The highest BCUT2D eigenvalue weighted by Gasteiger charge is 2.14. The summed E-state index contributed by atoms with van der Waals surface area (Å²) in [5.41, 5.74) is 3.02. The number of likely N-dealkylation sites (N-methyl/N-ethyl adjacent to an activating group) is 1. The molecule has 3 heteroatoms. The molecule has 1 atom stereocenters. The minimum Gasteiger partial charge on any atom is -0.310 e. The number of nitrogens with one attached hydrogen (secondary N) is 1. The molecule has 0 fully saturated rings. The molecule has 20 heavy (non-hydrogen) atoms. The maximum absolute atomic E-state index is 13.4. The van der Waals surface area contributed by atoms with Gasteiger partial charge in [0.2, 0.25) is 0 Å². The van der Waals surface area contributed by atoms with E-state index in [4.69, 9.17) is 0 Å². The van der Waals surface area contributed by atoms with Gasteiger partial charge in [-0.1, -0.05) is 31.2 Å². The number of rotatable bonds is 5. The summed E-state index contributed by atoms with van der Waals surface area (Å²) in [6.45, 7) is 4.78. The van der Waals surface area contributed by atoms with Crippen molar-refractivity contribution in [2.75, 3.05) is 6.54 Å². The highest BCUT2D eigenvalue weighted by Crippen LogP contribution is 2.22. The average Bonchev–Trinajstić information content (AvgIpc) is 2.39. The van der Waals surface area contributed by atoms with Crippen LogP contribution in [-0.4, -0.2) is 6.54 Å². The van der Waals surface area contributed by atoms with Crippen LogP contribution in [0.25, 0.3) is 0 Å². The van der Waals surface area contributed by atoms with Crippen LogP contribution in [0, 0.1) is 18.6 Å². The van der Waals surface area contributed by atoms with Gasteiger partial charge in [-0.3, -0.25) is 0 Å². The topological polar surface area (TPSA) is 12.0 Å². The van der Waals surface area contributed by atoms with Gasteiger partial charge in [0.25, 0.3) is 0 Å². The molecule has 0 aliphatic rings. The Kier molecular flexibility index (Phi) is 4.85. The molecule has 0 bridgehead atoms. The van der Waals surface area contributed by atoms with Crippen LogP contribution < -0.4 is 5.32 Å². The molecule has 0 aliphatic heterocycles. The normalized spacial score (nSPS) is 12.4. The predicted octanol–water partition coefficient (Wildman–Crippen LogP) is 4.17. The van der Waals surface area contributed by atoms with Crippen molar-refractivity contribution in [3.8, 4) is 0 Å². The molecule has 0 saturated carbocycles. The van der Waals surface area contributed by atoms with Gasteiger partial charge in [0.15, 0.2) is 0 Å². The van der Waals surface area contributed by atoms with Crippen molar-refractivity contribution in [1.29, 1.82) is 0 Å². The lowest BCUT2D eigenvalue weighted by Gasteiger charge is -2.20. The van der Waals surface area contributed by atoms with Gasteiger partial charge in [-0.2, -0.15) is 0 Å². The van der Waals surface area contributed by atoms with Gasteiger partial charge >= 0.3 is 0 Å². The summed E-state index contributed by atoms with van der Waals surface area (Å²) in [4.78, 5) is 0. The second-order valence-electron chi connectivity index (χ2n) is 4.94. The molecular formula is C17H19F2N. The fourth-order valence-electron chi connectivity index (χ4n) is 2.39. The van der Waals surface area contributed by atoms with Crippen molar-refractivity contribution in [1.82, 2.24) is 5.32 Å². The molecule has 1 nitrogen and oxygen atoms in total. The van der Waals surface area contributed by atoms with Crippen molar-refractivity contribution in [3.05, 3.63) is 70.8 Å². The van der Waals surface area contributed by atoms with Crippen LogP contribution in [0.4, 0.5) is 8.78 Å². The Morgan fingerprint density at radius 1 is 1.05 bits per heavy atom. The van der Waals surface area contributed by atoms with Gasteiger partial charge in [-0.15, -0.1) is 0 Å². The molecule has 0 heterocycles. The lowest BCUT2D eigenvalue weighted by atomic mass is 9.96. The average molecular weight is 275 g/mol. The van der Waals surface area contributed by atoms with Crippen LogP contribution in [0.3, 0.4) is 0 Å². The van der Waals surface area contributed by atoms with E-state index in [0.29, 0.717) is 12.0 Å². The molecule has 2 rings (SSSR count). The molecule has 0 spiro atoms. The van der Waals surface area contributed by atoms with Crippen molar-refractivity contribution in [3.63, 3.8) is 0 Å². The molecule has 0 radical (unpaired) electrons. The Bertz CT molecular complexity index is 561. The van der Waals surface area contributed by atoms with E-state index in [1.54, 1.807) is 0 Å². The third kappa shape index (κ3) is 3.64. The Balaban J connectivity index is 2.29. The molecule has 2 aromatic carbocycles. The van der Waals surface area contributed by atoms with E-state index in [-0.39, 0.29) is 6.04 Å². The Labute approximate surface area is 118 Å². The Morgan fingerprint density at radius 3 is 2.30 bits per heavy atom. The quantitative estimate of drug-likeness (QED) is 0.863. The maximum Gasteiger partial charge on any atom is 0.126 e. The third-order valence-corrected chi connectivity index (χ3v) is 3.42. The van der Waals surface area contributed by atoms with E-state index in [0.717, 1.165) is 12.6 Å². The molecule has 0 aliphatic carbocycles. The van der Waals surface area contributed by atoms with Crippen LogP contribution in [-0.2, 0) is 6.42 Å². The van der Waals surface area contributed by atoms with Gasteiger partial charge in [0.1, 0.15) is 11.6 Å². The van der Waals surface area contributed by atoms with Crippen molar-refractivity contribution in [2.45, 2.75) is 26.3 Å². The molecule has 0 saturated heterocycles. The summed E-state index contributed by atoms with van der Waals surface area (Å²) in [6.07, 6.45) is 0.712. The first-order valence-corrected chi connectivity index (χ1v) is 6.84. The number of halogens is 2. The lowest BCUT2D eigenvalue weighted by Crippen LogP contribution is -2.23. The first-order valence-electron chi connectivity index (χ1n) is 6.84. The highest BCUT2D eigenvalue weighted by molar-refractivity contribution is 5.29. The fourth-order valence-corrected chi connectivity index (χ4v) is 2.39. The zero-order valence-corrected chi connectivity index (χ0v) is 11.8. The summed E-state index contributed by atoms with van der Waals surface area (Å²) in [5.74, 6) is -1.07. The van der Waals surface area contributed by atoms with Gasteiger partial charge in [-0.05, 0) is 48.7 Å². The monoisotopic (exact) mass is 275 g/mol. The smallest absolute Gasteiger partial charge is 0.126 e. The van der Waals surface area contributed by atoms with Crippen molar-refractivity contribution >= 4 is 0 Å². The SMILES string of the molecule is CCNC(Cc1ccccc1C)c1cc(F)cc(F)c1. The van der Waals surface area contributed by atoms with E-state index in [1.807, 2.05) is 32.0 Å². The van der Waals surface area contributed by atoms with E-state index >= 15 is 0 Å². The number of aryl methyl sites for hydroxylation is 1. The van der Waals surface area contributed by atoms with Gasteiger partial charge in [-0.25, -0.2) is 8.78 Å². The molecule has 0 aromatic heterocycles. The minimum absolute atomic E-state index is 0.0914. The van der Waals surface area contributed by atoms with Crippen molar-refractivity contribution in [2.24, 2.45) is 0 Å². The standard InChI is InChI=1S/C17H19F2N/c1-3-20-17(10-13-7-5-4-6-12(13)2)14-8-15(18)11-16(19)9-14/h4-9,11,17,20H,3,10H2,1-2H3. The van der Waals surface area contributed by atoms with E-state index < -0.39 is 11.6 Å². The molecule has 2 aromatic rings. The van der Waals surface area contributed by atoms with Crippen LogP contribution in [0.2, 0.25) is 0 Å². The van der Waals surface area contributed by atoms with Crippen LogP contribution in [0.15, 0.2) is 42.5 Å². The number of hydrogen-bond acceptors (Lipinski definition) is 1. The van der Waals surface area contributed by atoms with Crippen LogP contribution >= 0.6 is 0 Å². The summed E-state index contributed by atoms with van der Waals surface area (Å²) < 4.78 is 26.8. The number of hydrogen-bond donors (Lipinski definition) is 1. The fraction of sp³-hybridized carbons (Fsp3) is 0.294. The van der Waals surface area contributed by atoms with Gasteiger partial charge < -0.3 is 5.32 Å². The second-order valence-corrected chi connectivity index (χ2v) is 4.94. The first-order chi connectivity index (χ1) is 9.60. The summed E-state index contributed by atoms with van der Waals surface area (Å²) in [5, 5.41) is 3.30. The lowest BCUT2D eigenvalue weighted by molar-refractivity contribution is 0.528. The molecule has 1 unspecified atom stereocenters. The van der Waals surface area contributed by atoms with Crippen LogP contribution in [0.5, 0.6) is 0 Å². The van der Waals surface area contributed by atoms with Gasteiger partial charge in [0, 0.05) is 12.1 Å². The summed E-state index contributed by atoms with van der Waals surface area (Å²) >= 11 is 0. The number of benzene rings is 2. The Morgan fingerprint density at radius 2 is 1.70 bits per heavy atom. The zero-order valence-electron chi connectivity index (χ0n) is 11.8. The molecular weight excluding hydrogens is 256 g/mol.